The Hall–Kier alpha value is -1.42. The van der Waals surface area contributed by atoms with Crippen LogP contribution < -0.4 is 16.8 Å². The molecule has 2 unspecified atom stereocenters. The number of nitrogens with one attached hydrogen (secondary N) is 1. The second kappa shape index (κ2) is 5.77. The topological polar surface area (TPSA) is 64.1 Å². The molecule has 1 aromatic carbocycles. The van der Waals surface area contributed by atoms with Gasteiger partial charge in [-0.15, -0.1) is 0 Å². The van der Waals surface area contributed by atoms with E-state index in [4.69, 9.17) is 11.5 Å². The molecule has 0 saturated heterocycles. The minimum Gasteiger partial charge on any atom is -0.312 e. The van der Waals surface area contributed by atoms with Crippen LogP contribution in [0.4, 0.5) is 0 Å². The smallest absolute Gasteiger partial charge is 0.0824 e. The highest BCUT2D eigenvalue weighted by atomic mass is 15.1. The monoisotopic (exact) mass is 229 g/mol. The Labute approximate surface area is 102 Å². The molecule has 5 N–H and O–H groups in total. The van der Waals surface area contributed by atoms with E-state index in [1.807, 2.05) is 30.3 Å². The molecule has 0 fully saturated rings. The second-order valence-corrected chi connectivity index (χ2v) is 4.24. The van der Waals surface area contributed by atoms with Gasteiger partial charge >= 0.3 is 0 Å². The first-order valence-electron chi connectivity index (χ1n) is 5.95. The van der Waals surface area contributed by atoms with E-state index in [1.165, 1.54) is 5.57 Å². The Bertz CT molecular complexity index is 409. The van der Waals surface area contributed by atoms with Gasteiger partial charge in [0.15, 0.2) is 0 Å². The maximum absolute atomic E-state index is 6.09. The summed E-state index contributed by atoms with van der Waals surface area (Å²) in [6.07, 6.45) is 7.93. The Morgan fingerprint density at radius 1 is 1.06 bits per heavy atom. The molecule has 0 spiro atoms. The standard InChI is InChI=1S/C14H19N3/c15-13(11-7-3-1-4-8-11)17-14(16)12-9-5-2-6-10-12/h1-5,7-9,13-14,17H,6,10,15-16H2. The van der Waals surface area contributed by atoms with Gasteiger partial charge in [-0.3, -0.25) is 5.32 Å². The van der Waals surface area contributed by atoms with Crippen LogP contribution in [0.3, 0.4) is 0 Å². The minimum absolute atomic E-state index is 0.171. The van der Waals surface area contributed by atoms with Crippen LogP contribution in [0.5, 0.6) is 0 Å². The van der Waals surface area contributed by atoms with E-state index in [1.54, 1.807) is 0 Å². The molecule has 0 radical (unpaired) electrons. The Morgan fingerprint density at radius 2 is 1.82 bits per heavy atom. The summed E-state index contributed by atoms with van der Waals surface area (Å²) in [7, 11) is 0. The van der Waals surface area contributed by atoms with Crippen molar-refractivity contribution in [1.29, 1.82) is 0 Å². The van der Waals surface area contributed by atoms with Crippen LogP contribution in [0, 0.1) is 0 Å². The van der Waals surface area contributed by atoms with Gasteiger partial charge in [0.1, 0.15) is 0 Å². The fourth-order valence-electron chi connectivity index (χ4n) is 1.94. The maximum Gasteiger partial charge on any atom is 0.0824 e. The first-order chi connectivity index (χ1) is 8.27. The van der Waals surface area contributed by atoms with Gasteiger partial charge in [-0.25, -0.2) is 0 Å². The summed E-state index contributed by atoms with van der Waals surface area (Å²) in [6.45, 7) is 0. The van der Waals surface area contributed by atoms with Crippen LogP contribution in [0.2, 0.25) is 0 Å². The molecule has 2 rings (SSSR count). The van der Waals surface area contributed by atoms with E-state index in [2.05, 4.69) is 23.5 Å². The number of rotatable bonds is 4. The highest BCUT2D eigenvalue weighted by Crippen LogP contribution is 2.15. The van der Waals surface area contributed by atoms with Gasteiger partial charge in [0.25, 0.3) is 0 Å². The van der Waals surface area contributed by atoms with Crippen LogP contribution in [0.1, 0.15) is 24.6 Å². The van der Waals surface area contributed by atoms with Crippen molar-refractivity contribution in [2.24, 2.45) is 11.5 Å². The second-order valence-electron chi connectivity index (χ2n) is 4.24. The highest BCUT2D eigenvalue weighted by molar-refractivity contribution is 5.23. The van der Waals surface area contributed by atoms with Crippen molar-refractivity contribution in [3.63, 3.8) is 0 Å². The van der Waals surface area contributed by atoms with Crippen molar-refractivity contribution >= 4 is 0 Å². The van der Waals surface area contributed by atoms with E-state index in [-0.39, 0.29) is 12.3 Å². The highest BCUT2D eigenvalue weighted by Gasteiger charge is 2.13. The number of nitrogens with two attached hydrogens (primary N) is 2. The van der Waals surface area contributed by atoms with Crippen LogP contribution in [0.25, 0.3) is 0 Å². The third-order valence-corrected chi connectivity index (χ3v) is 2.96. The maximum atomic E-state index is 6.09. The van der Waals surface area contributed by atoms with Gasteiger partial charge in [0, 0.05) is 0 Å². The molecule has 1 aliphatic carbocycles. The summed E-state index contributed by atoms with van der Waals surface area (Å²) >= 11 is 0. The average Bonchev–Trinajstić information content (AvgIpc) is 2.40. The van der Waals surface area contributed by atoms with Crippen molar-refractivity contribution in [2.75, 3.05) is 0 Å². The lowest BCUT2D eigenvalue weighted by molar-refractivity contribution is 0.481. The summed E-state index contributed by atoms with van der Waals surface area (Å²) in [4.78, 5) is 0. The summed E-state index contributed by atoms with van der Waals surface area (Å²) in [5, 5.41) is 3.22. The van der Waals surface area contributed by atoms with E-state index in [0.717, 1.165) is 18.4 Å². The molecule has 2 atom stereocenters. The number of hydrogen-bond acceptors (Lipinski definition) is 3. The molecule has 0 saturated carbocycles. The molecule has 3 heteroatoms. The quantitative estimate of drug-likeness (QED) is 0.690. The first kappa shape index (κ1) is 12.0. The van der Waals surface area contributed by atoms with Gasteiger partial charge in [0.05, 0.1) is 12.3 Å². The largest absolute Gasteiger partial charge is 0.312 e. The fourth-order valence-corrected chi connectivity index (χ4v) is 1.94. The van der Waals surface area contributed by atoms with Crippen molar-refractivity contribution in [3.05, 3.63) is 59.7 Å². The van der Waals surface area contributed by atoms with E-state index < -0.39 is 0 Å². The van der Waals surface area contributed by atoms with Gasteiger partial charge in [0.2, 0.25) is 0 Å². The molecule has 17 heavy (non-hydrogen) atoms. The minimum atomic E-state index is -0.224. The molecule has 0 aliphatic heterocycles. The molecule has 3 nitrogen and oxygen atoms in total. The molecule has 0 amide bonds. The van der Waals surface area contributed by atoms with E-state index >= 15 is 0 Å². The third-order valence-electron chi connectivity index (χ3n) is 2.96. The molecule has 0 heterocycles. The average molecular weight is 229 g/mol. The Balaban J connectivity index is 1.97. The van der Waals surface area contributed by atoms with Crippen LogP contribution >= 0.6 is 0 Å². The number of allylic oxidation sites excluding steroid dienone is 3. The lowest BCUT2D eigenvalue weighted by Gasteiger charge is -2.23. The van der Waals surface area contributed by atoms with Crippen LogP contribution in [-0.2, 0) is 0 Å². The Morgan fingerprint density at radius 3 is 2.47 bits per heavy atom. The van der Waals surface area contributed by atoms with Gasteiger partial charge in [-0.1, -0.05) is 48.6 Å². The van der Waals surface area contributed by atoms with E-state index in [0.29, 0.717) is 0 Å². The summed E-state index contributed by atoms with van der Waals surface area (Å²) in [5.41, 5.74) is 14.4. The third kappa shape index (κ3) is 3.27. The zero-order valence-corrected chi connectivity index (χ0v) is 9.84. The molecule has 0 bridgehead atoms. The SMILES string of the molecule is NC(NC(N)c1ccccc1)C1=CC=CCC1. The van der Waals surface area contributed by atoms with Gasteiger partial charge in [-0.05, 0) is 24.0 Å². The molecule has 0 aromatic heterocycles. The fraction of sp³-hybridized carbons (Fsp3) is 0.286. The van der Waals surface area contributed by atoms with Crippen molar-refractivity contribution in [1.82, 2.24) is 5.32 Å². The van der Waals surface area contributed by atoms with Crippen molar-refractivity contribution in [2.45, 2.75) is 25.2 Å². The van der Waals surface area contributed by atoms with E-state index in [9.17, 15) is 0 Å². The van der Waals surface area contributed by atoms with Gasteiger partial charge < -0.3 is 11.5 Å². The van der Waals surface area contributed by atoms with Crippen LogP contribution in [0.15, 0.2) is 54.1 Å². The lowest BCUT2D eigenvalue weighted by Crippen LogP contribution is -2.44. The Kier molecular flexibility index (Phi) is 4.09. The summed E-state index contributed by atoms with van der Waals surface area (Å²) in [5.74, 6) is 0. The van der Waals surface area contributed by atoms with Gasteiger partial charge in [-0.2, -0.15) is 0 Å². The number of benzene rings is 1. The lowest BCUT2D eigenvalue weighted by atomic mass is 10.0. The zero-order chi connectivity index (χ0) is 12.1. The molecule has 1 aliphatic rings. The molecular formula is C14H19N3. The predicted molar refractivity (Wildman–Crippen MR) is 70.9 cm³/mol. The first-order valence-corrected chi connectivity index (χ1v) is 5.95. The van der Waals surface area contributed by atoms with Crippen molar-refractivity contribution in [3.8, 4) is 0 Å². The summed E-state index contributed by atoms with van der Waals surface area (Å²) in [6, 6.07) is 9.93. The van der Waals surface area contributed by atoms with Crippen molar-refractivity contribution < 1.29 is 0 Å². The predicted octanol–water partition coefficient (Wildman–Crippen LogP) is 1.79. The molecule has 90 valence electrons. The summed E-state index contributed by atoms with van der Waals surface area (Å²) < 4.78 is 0. The number of hydrogen-bond donors (Lipinski definition) is 3. The molecule has 1 aromatic rings. The normalized spacial score (nSPS) is 18.6. The molecular weight excluding hydrogens is 210 g/mol. The zero-order valence-electron chi connectivity index (χ0n) is 9.84. The van der Waals surface area contributed by atoms with Crippen LogP contribution in [-0.4, -0.2) is 6.17 Å².